The summed E-state index contributed by atoms with van der Waals surface area (Å²) in [5, 5.41) is 9.55. The van der Waals surface area contributed by atoms with Gasteiger partial charge in [0.25, 0.3) is 11.8 Å². The molecule has 1 aromatic carbocycles. The zero-order chi connectivity index (χ0) is 21.3. The Balaban J connectivity index is 1.31. The average Bonchev–Trinajstić information content (AvgIpc) is 3.33. The van der Waals surface area contributed by atoms with E-state index in [4.69, 9.17) is 4.74 Å². The first kappa shape index (κ1) is 20.1. The predicted octanol–water partition coefficient (Wildman–Crippen LogP) is 1.41. The summed E-state index contributed by atoms with van der Waals surface area (Å²) in [6.45, 7) is 7.36. The number of benzene rings is 1. The van der Waals surface area contributed by atoms with E-state index in [0.29, 0.717) is 37.4 Å². The topological polar surface area (TPSA) is 116 Å². The number of carbonyl (C=O) groups excluding carboxylic acids is 2. The Morgan fingerprint density at radius 3 is 2.83 bits per heavy atom. The Morgan fingerprint density at radius 2 is 2.07 bits per heavy atom. The smallest absolute Gasteiger partial charge is 0.257 e. The highest BCUT2D eigenvalue weighted by Crippen LogP contribution is 2.17. The zero-order valence-electron chi connectivity index (χ0n) is 17.4. The number of nitrogens with zero attached hydrogens (tertiary/aromatic N) is 3. The number of ether oxygens (including phenoxy) is 1. The van der Waals surface area contributed by atoms with Crippen LogP contribution in [-0.4, -0.2) is 69.2 Å². The van der Waals surface area contributed by atoms with Crippen molar-refractivity contribution in [3.63, 3.8) is 0 Å². The van der Waals surface area contributed by atoms with Gasteiger partial charge in [0.2, 0.25) is 0 Å². The van der Waals surface area contributed by atoms with Crippen LogP contribution in [-0.2, 0) is 16.0 Å². The predicted molar refractivity (Wildman–Crippen MR) is 111 cm³/mol. The first-order chi connectivity index (χ1) is 14.4. The number of aromatic nitrogens is 4. The van der Waals surface area contributed by atoms with Crippen molar-refractivity contribution in [1.29, 1.82) is 0 Å². The molecule has 1 fully saturated rings. The first-order valence-electron chi connectivity index (χ1n) is 10.1. The SMILES string of the molecule is Cc1cc2nc(CCNC(=O)C3CN(C(=O)c4cn[nH]c4C)CCO3)[nH]c2cc1C. The molecule has 1 aliphatic heterocycles. The normalized spacial score (nSPS) is 16.8. The van der Waals surface area contributed by atoms with Crippen molar-refractivity contribution < 1.29 is 14.3 Å². The molecular weight excluding hydrogens is 384 g/mol. The van der Waals surface area contributed by atoms with Crippen molar-refractivity contribution in [2.75, 3.05) is 26.2 Å². The fraction of sp³-hybridized carbons (Fsp3) is 0.429. The summed E-state index contributed by atoms with van der Waals surface area (Å²) >= 11 is 0. The van der Waals surface area contributed by atoms with Gasteiger partial charge in [-0.1, -0.05) is 0 Å². The summed E-state index contributed by atoms with van der Waals surface area (Å²) in [5.41, 5.74) is 5.57. The van der Waals surface area contributed by atoms with Crippen LogP contribution in [0.1, 0.15) is 33.0 Å². The molecule has 1 atom stereocenters. The second-order valence-corrected chi connectivity index (χ2v) is 7.70. The molecule has 4 rings (SSSR count). The number of nitrogens with one attached hydrogen (secondary N) is 3. The van der Waals surface area contributed by atoms with Crippen LogP contribution in [0.4, 0.5) is 0 Å². The van der Waals surface area contributed by atoms with Crippen molar-refractivity contribution in [3.05, 3.63) is 46.5 Å². The van der Waals surface area contributed by atoms with Crippen molar-refractivity contribution in [2.45, 2.75) is 33.3 Å². The molecule has 0 radical (unpaired) electrons. The van der Waals surface area contributed by atoms with E-state index >= 15 is 0 Å². The minimum Gasteiger partial charge on any atom is -0.365 e. The molecule has 1 unspecified atom stereocenters. The Bertz CT molecular complexity index is 1050. The van der Waals surface area contributed by atoms with Crippen LogP contribution in [0.15, 0.2) is 18.3 Å². The fourth-order valence-electron chi connectivity index (χ4n) is 3.59. The number of aromatic amines is 2. The van der Waals surface area contributed by atoms with Gasteiger partial charge in [-0.15, -0.1) is 0 Å². The number of hydrogen-bond donors (Lipinski definition) is 3. The Kier molecular flexibility index (Phi) is 5.54. The molecule has 158 valence electrons. The molecule has 0 saturated carbocycles. The van der Waals surface area contributed by atoms with Crippen molar-refractivity contribution in [3.8, 4) is 0 Å². The lowest BCUT2D eigenvalue weighted by Gasteiger charge is -2.32. The molecule has 2 aromatic heterocycles. The van der Waals surface area contributed by atoms with E-state index in [-0.39, 0.29) is 18.4 Å². The highest BCUT2D eigenvalue weighted by Gasteiger charge is 2.30. The van der Waals surface area contributed by atoms with E-state index in [2.05, 4.69) is 51.5 Å². The number of carbonyl (C=O) groups is 2. The Hall–Kier alpha value is -3.20. The number of aryl methyl sites for hydroxylation is 3. The highest BCUT2D eigenvalue weighted by atomic mass is 16.5. The number of fused-ring (bicyclic) bond motifs is 1. The van der Waals surface area contributed by atoms with Gasteiger partial charge >= 0.3 is 0 Å². The molecule has 2 amide bonds. The number of hydrogen-bond acceptors (Lipinski definition) is 5. The summed E-state index contributed by atoms with van der Waals surface area (Å²) in [6, 6.07) is 4.15. The number of morpholine rings is 1. The van der Waals surface area contributed by atoms with E-state index in [1.54, 1.807) is 11.8 Å². The van der Waals surface area contributed by atoms with E-state index in [0.717, 1.165) is 16.9 Å². The third-order valence-corrected chi connectivity index (χ3v) is 5.51. The van der Waals surface area contributed by atoms with Gasteiger partial charge in [-0.3, -0.25) is 14.7 Å². The number of rotatable bonds is 5. The van der Waals surface area contributed by atoms with Crippen molar-refractivity contribution in [1.82, 2.24) is 30.4 Å². The average molecular weight is 410 g/mol. The minimum atomic E-state index is -0.684. The molecule has 30 heavy (non-hydrogen) atoms. The molecule has 3 aromatic rings. The standard InChI is InChI=1S/C21H26N6O3/c1-12-8-16-17(9-13(12)2)25-19(24-16)4-5-22-20(28)18-11-27(6-7-30-18)21(29)15-10-23-26-14(15)3/h8-10,18H,4-7,11H2,1-3H3,(H,22,28)(H,23,26)(H,24,25). The third-order valence-electron chi connectivity index (χ3n) is 5.51. The molecule has 0 bridgehead atoms. The van der Waals surface area contributed by atoms with Gasteiger partial charge in [-0.25, -0.2) is 4.98 Å². The van der Waals surface area contributed by atoms with Crippen LogP contribution in [0, 0.1) is 20.8 Å². The monoisotopic (exact) mass is 410 g/mol. The number of imidazole rings is 1. The van der Waals surface area contributed by atoms with Crippen LogP contribution < -0.4 is 5.32 Å². The zero-order valence-corrected chi connectivity index (χ0v) is 17.4. The molecule has 9 heteroatoms. The lowest BCUT2D eigenvalue weighted by atomic mass is 10.1. The molecule has 0 aliphatic carbocycles. The van der Waals surface area contributed by atoms with Gasteiger partial charge < -0.3 is 19.9 Å². The van der Waals surface area contributed by atoms with Gasteiger partial charge in [0.15, 0.2) is 6.10 Å². The van der Waals surface area contributed by atoms with Crippen molar-refractivity contribution in [2.24, 2.45) is 0 Å². The van der Waals surface area contributed by atoms with Crippen LogP contribution in [0.25, 0.3) is 11.0 Å². The lowest BCUT2D eigenvalue weighted by Crippen LogP contribution is -2.51. The van der Waals surface area contributed by atoms with Gasteiger partial charge in [0.1, 0.15) is 5.82 Å². The second-order valence-electron chi connectivity index (χ2n) is 7.70. The minimum absolute atomic E-state index is 0.143. The largest absolute Gasteiger partial charge is 0.365 e. The third kappa shape index (κ3) is 4.06. The highest BCUT2D eigenvalue weighted by molar-refractivity contribution is 5.95. The summed E-state index contributed by atoms with van der Waals surface area (Å²) in [6.07, 6.45) is 1.41. The van der Waals surface area contributed by atoms with Gasteiger partial charge in [0, 0.05) is 25.2 Å². The summed E-state index contributed by atoms with van der Waals surface area (Å²) < 4.78 is 5.59. The van der Waals surface area contributed by atoms with Gasteiger partial charge in [0.05, 0.1) is 35.9 Å². The number of H-pyrrole nitrogens is 2. The molecule has 3 heterocycles. The number of amides is 2. The molecular formula is C21H26N6O3. The quantitative estimate of drug-likeness (QED) is 0.588. The summed E-state index contributed by atoms with van der Waals surface area (Å²) in [5.74, 6) is 0.460. The Labute approximate surface area is 174 Å². The lowest BCUT2D eigenvalue weighted by molar-refractivity contribution is -0.137. The van der Waals surface area contributed by atoms with Crippen LogP contribution in [0.2, 0.25) is 0 Å². The van der Waals surface area contributed by atoms with Crippen LogP contribution in [0.5, 0.6) is 0 Å². The van der Waals surface area contributed by atoms with E-state index in [9.17, 15) is 9.59 Å². The van der Waals surface area contributed by atoms with Crippen LogP contribution >= 0.6 is 0 Å². The van der Waals surface area contributed by atoms with E-state index in [1.165, 1.54) is 17.3 Å². The molecule has 9 nitrogen and oxygen atoms in total. The second kappa shape index (κ2) is 8.27. The maximum absolute atomic E-state index is 12.6. The summed E-state index contributed by atoms with van der Waals surface area (Å²) in [4.78, 5) is 34.7. The maximum Gasteiger partial charge on any atom is 0.257 e. The van der Waals surface area contributed by atoms with Gasteiger partial charge in [-0.2, -0.15) is 5.10 Å². The summed E-state index contributed by atoms with van der Waals surface area (Å²) in [7, 11) is 0. The van der Waals surface area contributed by atoms with Crippen LogP contribution in [0.3, 0.4) is 0 Å². The molecule has 0 spiro atoms. The van der Waals surface area contributed by atoms with E-state index < -0.39 is 6.10 Å². The fourth-order valence-corrected chi connectivity index (χ4v) is 3.59. The van der Waals surface area contributed by atoms with Gasteiger partial charge in [-0.05, 0) is 44.0 Å². The molecule has 1 aliphatic rings. The Morgan fingerprint density at radius 1 is 1.27 bits per heavy atom. The maximum atomic E-state index is 12.6. The van der Waals surface area contributed by atoms with Crippen molar-refractivity contribution >= 4 is 22.8 Å². The first-order valence-corrected chi connectivity index (χ1v) is 10.1. The molecule has 1 saturated heterocycles. The van der Waals surface area contributed by atoms with E-state index in [1.807, 2.05) is 0 Å². The molecule has 3 N–H and O–H groups in total.